The van der Waals surface area contributed by atoms with E-state index in [1.54, 1.807) is 0 Å². The van der Waals surface area contributed by atoms with Crippen LogP contribution in [0.2, 0.25) is 0 Å². The summed E-state index contributed by atoms with van der Waals surface area (Å²) < 4.78 is 0. The van der Waals surface area contributed by atoms with Gasteiger partial charge in [-0.15, -0.1) is 0 Å². The molecule has 0 heterocycles. The summed E-state index contributed by atoms with van der Waals surface area (Å²) in [6.45, 7) is 9.75. The standard InChI is InChI=1S/C12H20/c1-10(2)11(3,4)12(10)8-6-5-7-9-12/h5-6H,7-9H2,1-4H3. The highest BCUT2D eigenvalue weighted by atomic mass is 14.8. The molecule has 1 saturated carbocycles. The Morgan fingerprint density at radius 2 is 1.50 bits per heavy atom. The first-order valence-corrected chi connectivity index (χ1v) is 5.11. The van der Waals surface area contributed by atoms with Crippen LogP contribution in [0.3, 0.4) is 0 Å². The van der Waals surface area contributed by atoms with Gasteiger partial charge in [0.2, 0.25) is 0 Å². The van der Waals surface area contributed by atoms with Gasteiger partial charge in [-0.3, -0.25) is 0 Å². The Kier molecular flexibility index (Phi) is 1.37. The second-order valence-electron chi connectivity index (χ2n) is 5.55. The molecule has 0 nitrogen and oxygen atoms in total. The predicted octanol–water partition coefficient (Wildman–Crippen LogP) is 3.78. The van der Waals surface area contributed by atoms with Gasteiger partial charge in [-0.2, -0.15) is 0 Å². The van der Waals surface area contributed by atoms with Gasteiger partial charge in [-0.25, -0.2) is 0 Å². The highest BCUT2D eigenvalue weighted by molar-refractivity contribution is 5.26. The summed E-state index contributed by atoms with van der Waals surface area (Å²) in [5, 5.41) is 0. The third-order valence-corrected chi connectivity index (χ3v) is 5.26. The van der Waals surface area contributed by atoms with E-state index in [4.69, 9.17) is 0 Å². The second-order valence-corrected chi connectivity index (χ2v) is 5.55. The van der Waals surface area contributed by atoms with Crippen LogP contribution in [0.4, 0.5) is 0 Å². The summed E-state index contributed by atoms with van der Waals surface area (Å²) in [6.07, 6.45) is 8.75. The fourth-order valence-corrected chi connectivity index (χ4v) is 3.51. The van der Waals surface area contributed by atoms with Crippen molar-refractivity contribution < 1.29 is 0 Å². The summed E-state index contributed by atoms with van der Waals surface area (Å²) >= 11 is 0. The van der Waals surface area contributed by atoms with Gasteiger partial charge >= 0.3 is 0 Å². The average Bonchev–Trinajstić information content (AvgIpc) is 2.33. The first-order chi connectivity index (χ1) is 5.46. The summed E-state index contributed by atoms with van der Waals surface area (Å²) in [7, 11) is 0. The van der Waals surface area contributed by atoms with Crippen LogP contribution >= 0.6 is 0 Å². The molecule has 0 radical (unpaired) electrons. The van der Waals surface area contributed by atoms with Crippen LogP contribution in [0.15, 0.2) is 12.2 Å². The minimum Gasteiger partial charge on any atom is -0.0885 e. The molecule has 0 unspecified atom stereocenters. The van der Waals surface area contributed by atoms with Crippen LogP contribution in [0.25, 0.3) is 0 Å². The molecule has 0 aromatic rings. The Hall–Kier alpha value is -0.260. The maximum atomic E-state index is 2.44. The molecule has 0 bridgehead atoms. The summed E-state index contributed by atoms with van der Waals surface area (Å²) in [6, 6.07) is 0. The van der Waals surface area contributed by atoms with Gasteiger partial charge in [0, 0.05) is 0 Å². The van der Waals surface area contributed by atoms with Gasteiger partial charge in [0.15, 0.2) is 0 Å². The van der Waals surface area contributed by atoms with Crippen molar-refractivity contribution in [2.24, 2.45) is 16.2 Å². The largest absolute Gasteiger partial charge is 0.0885 e. The van der Waals surface area contributed by atoms with E-state index in [-0.39, 0.29) is 0 Å². The normalized spacial score (nSPS) is 33.7. The zero-order valence-corrected chi connectivity index (χ0v) is 8.78. The third-order valence-electron chi connectivity index (χ3n) is 5.26. The first-order valence-electron chi connectivity index (χ1n) is 5.11. The lowest BCUT2D eigenvalue weighted by atomic mass is 9.82. The van der Waals surface area contributed by atoms with Crippen molar-refractivity contribution >= 4 is 0 Å². The fraction of sp³-hybridized carbons (Fsp3) is 0.833. The molecule has 0 atom stereocenters. The lowest BCUT2D eigenvalue weighted by Crippen LogP contribution is -2.11. The van der Waals surface area contributed by atoms with E-state index in [0.29, 0.717) is 16.2 Å². The van der Waals surface area contributed by atoms with Gasteiger partial charge in [-0.05, 0) is 35.5 Å². The van der Waals surface area contributed by atoms with Crippen LogP contribution < -0.4 is 0 Å². The monoisotopic (exact) mass is 164 g/mol. The number of allylic oxidation sites excluding steroid dienone is 2. The highest BCUT2D eigenvalue weighted by Crippen LogP contribution is 2.81. The quantitative estimate of drug-likeness (QED) is 0.478. The Bertz CT molecular complexity index is 216. The topological polar surface area (TPSA) is 0 Å². The van der Waals surface area contributed by atoms with Crippen LogP contribution in [0, 0.1) is 16.2 Å². The third kappa shape index (κ3) is 0.616. The van der Waals surface area contributed by atoms with Crippen molar-refractivity contribution in [2.75, 3.05) is 0 Å². The van der Waals surface area contributed by atoms with Crippen LogP contribution in [-0.2, 0) is 0 Å². The smallest absolute Gasteiger partial charge is 0.0147 e. The molecule has 0 amide bonds. The van der Waals surface area contributed by atoms with Crippen molar-refractivity contribution in [1.29, 1.82) is 0 Å². The summed E-state index contributed by atoms with van der Waals surface area (Å²) in [5.74, 6) is 0. The Morgan fingerprint density at radius 1 is 0.917 bits per heavy atom. The number of hydrogen-bond donors (Lipinski definition) is 0. The molecule has 0 aliphatic heterocycles. The van der Waals surface area contributed by atoms with Crippen molar-refractivity contribution in [3.8, 4) is 0 Å². The van der Waals surface area contributed by atoms with E-state index < -0.39 is 0 Å². The second kappa shape index (κ2) is 1.97. The van der Waals surface area contributed by atoms with E-state index in [1.165, 1.54) is 19.3 Å². The molecule has 12 heavy (non-hydrogen) atoms. The molecule has 0 aromatic heterocycles. The Balaban J connectivity index is 2.31. The molecule has 0 N–H and O–H groups in total. The van der Waals surface area contributed by atoms with E-state index in [0.717, 1.165) is 0 Å². The van der Waals surface area contributed by atoms with Crippen LogP contribution in [0.5, 0.6) is 0 Å². The zero-order valence-electron chi connectivity index (χ0n) is 8.78. The average molecular weight is 164 g/mol. The molecule has 0 aromatic carbocycles. The Morgan fingerprint density at radius 3 is 1.75 bits per heavy atom. The maximum Gasteiger partial charge on any atom is -0.0147 e. The fourth-order valence-electron chi connectivity index (χ4n) is 3.51. The summed E-state index contributed by atoms with van der Waals surface area (Å²) in [5.41, 5.74) is 1.75. The van der Waals surface area contributed by atoms with Crippen LogP contribution in [0.1, 0.15) is 47.0 Å². The minimum absolute atomic E-state index is 0.560. The summed E-state index contributed by atoms with van der Waals surface area (Å²) in [4.78, 5) is 0. The zero-order chi connectivity index (χ0) is 9.04. The molecule has 2 aliphatic carbocycles. The molecular weight excluding hydrogens is 144 g/mol. The number of hydrogen-bond acceptors (Lipinski definition) is 0. The molecular formula is C12H20. The molecule has 2 rings (SSSR count). The van der Waals surface area contributed by atoms with Crippen LogP contribution in [-0.4, -0.2) is 0 Å². The van der Waals surface area contributed by atoms with Gasteiger partial charge in [0.25, 0.3) is 0 Å². The minimum atomic E-state index is 0.560. The molecule has 68 valence electrons. The van der Waals surface area contributed by atoms with Gasteiger partial charge in [-0.1, -0.05) is 39.8 Å². The van der Waals surface area contributed by atoms with Crippen molar-refractivity contribution in [3.05, 3.63) is 12.2 Å². The lowest BCUT2D eigenvalue weighted by Gasteiger charge is -2.22. The molecule has 1 fully saturated rings. The van der Waals surface area contributed by atoms with Gasteiger partial charge in [0.1, 0.15) is 0 Å². The first kappa shape index (κ1) is 8.34. The van der Waals surface area contributed by atoms with Gasteiger partial charge < -0.3 is 0 Å². The SMILES string of the molecule is CC1(C)C(C)(C)C12CC=CCC2. The molecule has 0 saturated heterocycles. The van der Waals surface area contributed by atoms with E-state index in [2.05, 4.69) is 39.8 Å². The predicted molar refractivity (Wildman–Crippen MR) is 53.0 cm³/mol. The highest BCUT2D eigenvalue weighted by Gasteiger charge is 2.75. The van der Waals surface area contributed by atoms with E-state index >= 15 is 0 Å². The van der Waals surface area contributed by atoms with Gasteiger partial charge in [0.05, 0.1) is 0 Å². The van der Waals surface area contributed by atoms with E-state index in [9.17, 15) is 0 Å². The molecule has 1 spiro atoms. The maximum absolute atomic E-state index is 2.44. The van der Waals surface area contributed by atoms with E-state index in [1.807, 2.05) is 0 Å². The lowest BCUT2D eigenvalue weighted by molar-refractivity contribution is 0.332. The molecule has 0 heteroatoms. The van der Waals surface area contributed by atoms with Crippen molar-refractivity contribution in [1.82, 2.24) is 0 Å². The Labute approximate surface area is 76.1 Å². The molecule has 2 aliphatic rings. The van der Waals surface area contributed by atoms with Crippen molar-refractivity contribution in [3.63, 3.8) is 0 Å². The number of rotatable bonds is 0. The van der Waals surface area contributed by atoms with Crippen molar-refractivity contribution in [2.45, 2.75) is 47.0 Å².